The molecule has 1 amide bonds. The smallest absolute Gasteiger partial charge is 0.451 e. The SMILES string of the molecule is CC(C)OC(=O)OCOc1c2n(ncc1=O)[C@@H]([C@H](c1ccc(F)cc1)c1cccc(F)c1F)[C@H]1CCCN1C2=O. The summed E-state index contributed by atoms with van der Waals surface area (Å²) in [6.45, 7) is 2.87. The molecule has 2 aliphatic heterocycles. The fourth-order valence-electron chi connectivity index (χ4n) is 5.43. The lowest BCUT2D eigenvalue weighted by atomic mass is 9.79. The number of ether oxygens (including phenoxy) is 3. The van der Waals surface area contributed by atoms with E-state index in [1.807, 2.05) is 0 Å². The topological polar surface area (TPSA) is 100.0 Å². The molecular weight excluding hydrogens is 531 g/mol. The Balaban J connectivity index is 1.65. The van der Waals surface area contributed by atoms with Crippen molar-refractivity contribution in [2.45, 2.75) is 50.8 Å². The van der Waals surface area contributed by atoms with Crippen molar-refractivity contribution in [2.24, 2.45) is 0 Å². The Kier molecular flexibility index (Phi) is 7.51. The predicted octanol–water partition coefficient (Wildman–Crippen LogP) is 4.55. The summed E-state index contributed by atoms with van der Waals surface area (Å²) in [5, 5.41) is 4.25. The number of fused-ring (bicyclic) bond motifs is 2. The van der Waals surface area contributed by atoms with Gasteiger partial charge in [-0.15, -0.1) is 0 Å². The highest BCUT2D eigenvalue weighted by Crippen LogP contribution is 2.46. The molecule has 3 atom stereocenters. The Hall–Kier alpha value is -4.35. The van der Waals surface area contributed by atoms with Gasteiger partial charge in [-0.2, -0.15) is 5.10 Å². The summed E-state index contributed by atoms with van der Waals surface area (Å²) in [6.07, 6.45) is 0.611. The minimum atomic E-state index is -1.09. The van der Waals surface area contributed by atoms with Gasteiger partial charge >= 0.3 is 6.16 Å². The zero-order valence-electron chi connectivity index (χ0n) is 21.7. The third kappa shape index (κ3) is 5.01. The summed E-state index contributed by atoms with van der Waals surface area (Å²) in [6, 6.07) is 7.81. The molecule has 9 nitrogen and oxygen atoms in total. The van der Waals surface area contributed by atoms with Crippen LogP contribution in [0.25, 0.3) is 0 Å². The van der Waals surface area contributed by atoms with Crippen LogP contribution in [0.3, 0.4) is 0 Å². The number of halogens is 3. The third-order valence-corrected chi connectivity index (χ3v) is 7.01. The highest BCUT2D eigenvalue weighted by atomic mass is 19.2. The van der Waals surface area contributed by atoms with Gasteiger partial charge in [0.2, 0.25) is 18.0 Å². The summed E-state index contributed by atoms with van der Waals surface area (Å²) in [7, 11) is 0. The maximum Gasteiger partial charge on any atom is 0.511 e. The first-order valence-corrected chi connectivity index (χ1v) is 12.8. The first-order chi connectivity index (χ1) is 19.2. The number of benzene rings is 2. The maximum absolute atomic E-state index is 15.3. The molecule has 2 aromatic carbocycles. The first-order valence-electron chi connectivity index (χ1n) is 12.8. The molecule has 0 aliphatic carbocycles. The van der Waals surface area contributed by atoms with Gasteiger partial charge in [0.1, 0.15) is 5.82 Å². The molecule has 3 aromatic rings. The Labute approximate surface area is 227 Å². The number of carbonyl (C=O) groups is 2. The molecule has 40 heavy (non-hydrogen) atoms. The number of nitrogens with zero attached hydrogens (tertiary/aromatic N) is 3. The van der Waals surface area contributed by atoms with E-state index in [9.17, 15) is 23.2 Å². The Morgan fingerprint density at radius 3 is 2.58 bits per heavy atom. The van der Waals surface area contributed by atoms with E-state index in [-0.39, 0.29) is 11.3 Å². The molecule has 0 unspecified atom stereocenters. The Bertz CT molecular complexity index is 1490. The lowest BCUT2D eigenvalue weighted by molar-refractivity contribution is -0.00949. The van der Waals surface area contributed by atoms with Crippen LogP contribution in [0, 0.1) is 17.5 Å². The molecular formula is C28H26F3N3O6. The number of aromatic nitrogens is 2. The van der Waals surface area contributed by atoms with E-state index in [4.69, 9.17) is 14.2 Å². The highest BCUT2D eigenvalue weighted by Gasteiger charge is 2.49. The monoisotopic (exact) mass is 557 g/mol. The molecule has 0 bridgehead atoms. The largest absolute Gasteiger partial charge is 0.511 e. The van der Waals surface area contributed by atoms with Crippen molar-refractivity contribution in [3.63, 3.8) is 0 Å². The van der Waals surface area contributed by atoms with E-state index < -0.39 is 71.6 Å². The summed E-state index contributed by atoms with van der Waals surface area (Å²) in [4.78, 5) is 39.8. The van der Waals surface area contributed by atoms with Crippen LogP contribution >= 0.6 is 0 Å². The van der Waals surface area contributed by atoms with Gasteiger partial charge in [-0.25, -0.2) is 18.0 Å². The molecule has 0 radical (unpaired) electrons. The quantitative estimate of drug-likeness (QED) is 0.310. The second kappa shape index (κ2) is 11.0. The van der Waals surface area contributed by atoms with Gasteiger partial charge in [0.15, 0.2) is 17.3 Å². The van der Waals surface area contributed by atoms with Crippen molar-refractivity contribution in [3.8, 4) is 5.75 Å². The fourth-order valence-corrected chi connectivity index (χ4v) is 5.43. The van der Waals surface area contributed by atoms with Crippen LogP contribution in [0.2, 0.25) is 0 Å². The number of amides is 1. The average Bonchev–Trinajstić information content (AvgIpc) is 3.40. The van der Waals surface area contributed by atoms with Gasteiger partial charge < -0.3 is 19.1 Å². The van der Waals surface area contributed by atoms with Crippen LogP contribution < -0.4 is 10.2 Å². The predicted molar refractivity (Wildman–Crippen MR) is 134 cm³/mol. The van der Waals surface area contributed by atoms with Crippen molar-refractivity contribution in [1.82, 2.24) is 14.7 Å². The minimum Gasteiger partial charge on any atom is -0.451 e. The van der Waals surface area contributed by atoms with Crippen LogP contribution in [-0.2, 0) is 9.47 Å². The molecule has 1 saturated heterocycles. The third-order valence-electron chi connectivity index (χ3n) is 7.01. The molecule has 0 saturated carbocycles. The maximum atomic E-state index is 15.3. The lowest BCUT2D eigenvalue weighted by Gasteiger charge is -2.42. The zero-order chi connectivity index (χ0) is 28.6. The summed E-state index contributed by atoms with van der Waals surface area (Å²) in [5.41, 5.74) is -0.537. The average molecular weight is 558 g/mol. The van der Waals surface area contributed by atoms with Crippen LogP contribution in [0.4, 0.5) is 18.0 Å². The van der Waals surface area contributed by atoms with Crippen molar-refractivity contribution in [3.05, 3.63) is 93.2 Å². The molecule has 210 valence electrons. The Morgan fingerprint density at radius 1 is 1.10 bits per heavy atom. The standard InChI is InChI=1S/C28H26F3N3O6/c1-15(2)40-28(37)39-14-38-26-21(35)13-32-34-24(20-7-4-12-33(20)27(36)25(26)34)22(16-8-10-17(29)11-9-16)18-5-3-6-19(30)23(18)31/h3,5-6,8-11,13,15,20,22,24H,4,7,12,14H2,1-2H3/t20-,22-,24-/m1/s1. The summed E-state index contributed by atoms with van der Waals surface area (Å²) < 4.78 is 60.2. The number of rotatable bonds is 7. The second-order valence-corrected chi connectivity index (χ2v) is 9.83. The van der Waals surface area contributed by atoms with Gasteiger partial charge in [-0.05, 0) is 50.5 Å². The molecule has 12 heteroatoms. The van der Waals surface area contributed by atoms with Crippen molar-refractivity contribution in [2.75, 3.05) is 13.3 Å². The second-order valence-electron chi connectivity index (χ2n) is 9.83. The van der Waals surface area contributed by atoms with Crippen LogP contribution in [0.5, 0.6) is 5.75 Å². The molecule has 1 fully saturated rings. The first kappa shape index (κ1) is 27.2. The van der Waals surface area contributed by atoms with Crippen molar-refractivity contribution >= 4 is 12.1 Å². The molecule has 1 aromatic heterocycles. The van der Waals surface area contributed by atoms with Crippen LogP contribution in [-0.4, -0.2) is 52.2 Å². The van der Waals surface area contributed by atoms with Gasteiger partial charge in [-0.3, -0.25) is 14.3 Å². The van der Waals surface area contributed by atoms with Crippen LogP contribution in [0.15, 0.2) is 53.5 Å². The van der Waals surface area contributed by atoms with E-state index >= 15 is 4.39 Å². The van der Waals surface area contributed by atoms with Gasteiger partial charge in [0.25, 0.3) is 5.91 Å². The Morgan fingerprint density at radius 2 is 1.85 bits per heavy atom. The lowest BCUT2D eigenvalue weighted by Crippen LogP contribution is -2.51. The van der Waals surface area contributed by atoms with Crippen molar-refractivity contribution in [1.29, 1.82) is 0 Å². The normalized spacial score (nSPS) is 18.8. The van der Waals surface area contributed by atoms with Gasteiger partial charge in [-0.1, -0.05) is 24.3 Å². The van der Waals surface area contributed by atoms with Crippen LogP contribution in [0.1, 0.15) is 60.3 Å². The van der Waals surface area contributed by atoms with E-state index in [1.54, 1.807) is 18.7 Å². The van der Waals surface area contributed by atoms with Crippen molar-refractivity contribution < 1.29 is 37.0 Å². The fraction of sp³-hybridized carbons (Fsp3) is 0.357. The van der Waals surface area contributed by atoms with Gasteiger partial charge in [0.05, 0.1) is 24.4 Å². The number of carbonyl (C=O) groups excluding carboxylic acids is 2. The van der Waals surface area contributed by atoms with E-state index in [2.05, 4.69) is 5.10 Å². The summed E-state index contributed by atoms with van der Waals surface area (Å²) >= 11 is 0. The summed E-state index contributed by atoms with van der Waals surface area (Å²) in [5.74, 6) is -4.56. The molecule has 0 spiro atoms. The minimum absolute atomic E-state index is 0.0218. The molecule has 2 aliphatic rings. The van der Waals surface area contributed by atoms with E-state index in [1.165, 1.54) is 41.1 Å². The van der Waals surface area contributed by atoms with E-state index in [0.29, 0.717) is 24.9 Å². The number of hydrogen-bond acceptors (Lipinski definition) is 7. The van der Waals surface area contributed by atoms with Gasteiger partial charge in [0, 0.05) is 18.0 Å². The highest BCUT2D eigenvalue weighted by molar-refractivity contribution is 5.96. The molecule has 3 heterocycles. The van der Waals surface area contributed by atoms with E-state index in [0.717, 1.165) is 12.3 Å². The molecule has 0 N–H and O–H groups in total. The zero-order valence-corrected chi connectivity index (χ0v) is 21.7. The molecule has 5 rings (SSSR count). The number of hydrogen-bond donors (Lipinski definition) is 0.